The number of carbonyl (C=O) groups excluding carboxylic acids is 1. The van der Waals surface area contributed by atoms with E-state index >= 15 is 0 Å². The number of alkyl halides is 3. The number of H-pyrrole nitrogens is 1. The molecule has 0 fully saturated rings. The van der Waals surface area contributed by atoms with Gasteiger partial charge in [-0.25, -0.2) is 0 Å². The largest absolute Gasteiger partial charge is 0.485 e. The van der Waals surface area contributed by atoms with E-state index in [4.69, 9.17) is 4.74 Å². The van der Waals surface area contributed by atoms with Crippen molar-refractivity contribution in [3.05, 3.63) is 56.9 Å². The van der Waals surface area contributed by atoms with Crippen LogP contribution in [0.25, 0.3) is 0 Å². The number of benzene rings is 1. The summed E-state index contributed by atoms with van der Waals surface area (Å²) in [5.41, 5.74) is -0.365. The molecular formula is C15H13F3N2O4. The smallest absolute Gasteiger partial charge is 0.420 e. The summed E-state index contributed by atoms with van der Waals surface area (Å²) in [6, 6.07) is 3.68. The number of hydrogen-bond donors (Lipinski definition) is 1. The van der Waals surface area contributed by atoms with Crippen molar-refractivity contribution in [2.75, 3.05) is 6.61 Å². The third-order valence-electron chi connectivity index (χ3n) is 3.29. The summed E-state index contributed by atoms with van der Waals surface area (Å²) in [5.74, 6) is -1.13. The number of ether oxygens (including phenoxy) is 1. The van der Waals surface area contributed by atoms with Crippen LogP contribution in [0.4, 0.5) is 18.9 Å². The molecule has 0 amide bonds. The summed E-state index contributed by atoms with van der Waals surface area (Å²) in [7, 11) is 0. The number of hydrogen-bond acceptors (Lipinski definition) is 4. The van der Waals surface area contributed by atoms with Gasteiger partial charge in [-0.05, 0) is 26.0 Å². The molecule has 0 aliphatic carbocycles. The highest BCUT2D eigenvalue weighted by molar-refractivity contribution is 5.98. The van der Waals surface area contributed by atoms with Gasteiger partial charge in [0.15, 0.2) is 6.61 Å². The number of nitrogens with one attached hydrogen (secondary N) is 1. The maximum absolute atomic E-state index is 13.0. The highest BCUT2D eigenvalue weighted by Gasteiger charge is 2.36. The lowest BCUT2D eigenvalue weighted by molar-refractivity contribution is -0.385. The van der Waals surface area contributed by atoms with Crippen molar-refractivity contribution in [3.63, 3.8) is 0 Å². The number of halogens is 3. The highest BCUT2D eigenvalue weighted by atomic mass is 19.4. The molecule has 0 spiro atoms. The molecule has 0 aliphatic rings. The number of Topliss-reactive ketones (excluding diaryl/α,β-unsaturated/α-hetero) is 1. The first-order chi connectivity index (χ1) is 11.1. The minimum absolute atomic E-state index is 0.322. The van der Waals surface area contributed by atoms with Gasteiger partial charge in [-0.3, -0.25) is 14.9 Å². The molecule has 2 aromatic rings. The van der Waals surface area contributed by atoms with Crippen molar-refractivity contribution >= 4 is 11.5 Å². The van der Waals surface area contributed by atoms with E-state index in [1.54, 1.807) is 19.9 Å². The molecule has 1 aromatic heterocycles. The lowest BCUT2D eigenvalue weighted by Gasteiger charge is -2.13. The summed E-state index contributed by atoms with van der Waals surface area (Å²) in [6.07, 6.45) is -4.84. The third-order valence-corrected chi connectivity index (χ3v) is 3.29. The summed E-state index contributed by atoms with van der Waals surface area (Å²) < 4.78 is 44.0. The molecule has 0 bridgehead atoms. The quantitative estimate of drug-likeness (QED) is 0.508. The molecule has 0 saturated heterocycles. The van der Waals surface area contributed by atoms with Crippen LogP contribution in [0.1, 0.15) is 27.3 Å². The predicted molar refractivity (Wildman–Crippen MR) is 78.2 cm³/mol. The van der Waals surface area contributed by atoms with Crippen molar-refractivity contribution < 1.29 is 27.6 Å². The Morgan fingerprint density at radius 1 is 1.29 bits per heavy atom. The SMILES string of the molecule is Cc1cc(C(=O)COc2ccc([N+](=O)[O-])cc2C(F)(F)F)c(C)[nH]1. The third kappa shape index (κ3) is 3.73. The fourth-order valence-electron chi connectivity index (χ4n) is 2.21. The standard InChI is InChI=1S/C15H13F3N2O4/c1-8-5-11(9(2)19-8)13(21)7-24-14-4-3-10(20(22)23)6-12(14)15(16,17)18/h3-6,19H,7H2,1-2H3. The minimum Gasteiger partial charge on any atom is -0.485 e. The number of nitro groups is 1. The molecule has 128 valence electrons. The van der Waals surface area contributed by atoms with Crippen molar-refractivity contribution in [2.45, 2.75) is 20.0 Å². The Morgan fingerprint density at radius 3 is 2.46 bits per heavy atom. The molecule has 1 aromatic carbocycles. The second-order valence-electron chi connectivity index (χ2n) is 5.14. The van der Waals surface area contributed by atoms with Crippen LogP contribution >= 0.6 is 0 Å². The van der Waals surface area contributed by atoms with Crippen molar-refractivity contribution in [1.29, 1.82) is 0 Å². The number of nitrogens with zero attached hydrogens (tertiary/aromatic N) is 1. The molecule has 1 heterocycles. The molecule has 1 N–H and O–H groups in total. The van der Waals surface area contributed by atoms with Gasteiger partial charge in [0.2, 0.25) is 5.78 Å². The van der Waals surface area contributed by atoms with Gasteiger partial charge >= 0.3 is 6.18 Å². The van der Waals surface area contributed by atoms with E-state index < -0.39 is 40.5 Å². The number of carbonyl (C=O) groups is 1. The van der Waals surface area contributed by atoms with Gasteiger partial charge in [0.25, 0.3) is 5.69 Å². The van der Waals surface area contributed by atoms with E-state index in [-0.39, 0.29) is 0 Å². The summed E-state index contributed by atoms with van der Waals surface area (Å²) in [6.45, 7) is 2.79. The highest BCUT2D eigenvalue weighted by Crippen LogP contribution is 2.38. The van der Waals surface area contributed by atoms with Crippen molar-refractivity contribution in [1.82, 2.24) is 4.98 Å². The average Bonchev–Trinajstić information content (AvgIpc) is 2.82. The van der Waals surface area contributed by atoms with Crippen LogP contribution in [0.15, 0.2) is 24.3 Å². The van der Waals surface area contributed by atoms with E-state index in [0.717, 1.165) is 17.8 Å². The zero-order chi connectivity index (χ0) is 18.1. The first-order valence-electron chi connectivity index (χ1n) is 6.77. The van der Waals surface area contributed by atoms with Gasteiger partial charge in [-0.1, -0.05) is 0 Å². The summed E-state index contributed by atoms with van der Waals surface area (Å²) in [5, 5.41) is 10.6. The predicted octanol–water partition coefficient (Wildman–Crippen LogP) is 3.82. The molecule has 0 radical (unpaired) electrons. The number of non-ortho nitro benzene ring substituents is 1. The zero-order valence-corrected chi connectivity index (χ0v) is 12.7. The van der Waals surface area contributed by atoms with Crippen LogP contribution in [0.5, 0.6) is 5.75 Å². The summed E-state index contributed by atoms with van der Waals surface area (Å²) >= 11 is 0. The Balaban J connectivity index is 2.24. The molecule has 6 nitrogen and oxygen atoms in total. The normalized spacial score (nSPS) is 11.4. The Bertz CT molecular complexity index is 797. The maximum atomic E-state index is 13.0. The second kappa shape index (κ2) is 6.34. The van der Waals surface area contributed by atoms with Gasteiger partial charge in [0.05, 0.1) is 4.92 Å². The molecule has 0 atom stereocenters. The van der Waals surface area contributed by atoms with Crippen LogP contribution in [0, 0.1) is 24.0 Å². The minimum atomic E-state index is -4.84. The monoisotopic (exact) mass is 342 g/mol. The Kier molecular flexibility index (Phi) is 4.63. The molecule has 2 rings (SSSR count). The molecule has 24 heavy (non-hydrogen) atoms. The number of rotatable bonds is 5. The number of nitro benzene ring substituents is 1. The Morgan fingerprint density at radius 2 is 1.96 bits per heavy atom. The molecule has 0 saturated carbocycles. The molecule has 0 aliphatic heterocycles. The average molecular weight is 342 g/mol. The fourth-order valence-corrected chi connectivity index (χ4v) is 2.21. The van der Waals surface area contributed by atoms with Crippen molar-refractivity contribution in [3.8, 4) is 5.75 Å². The van der Waals surface area contributed by atoms with Crippen LogP contribution < -0.4 is 4.74 Å². The van der Waals surface area contributed by atoms with Gasteiger partial charge in [-0.15, -0.1) is 0 Å². The van der Waals surface area contributed by atoms with Crippen LogP contribution in [-0.4, -0.2) is 22.3 Å². The van der Waals surface area contributed by atoms with Crippen LogP contribution in [-0.2, 0) is 6.18 Å². The lowest BCUT2D eigenvalue weighted by Crippen LogP contribution is -2.15. The zero-order valence-electron chi connectivity index (χ0n) is 12.7. The topological polar surface area (TPSA) is 85.2 Å². The van der Waals surface area contributed by atoms with E-state index in [2.05, 4.69) is 4.98 Å². The van der Waals surface area contributed by atoms with E-state index in [0.29, 0.717) is 17.3 Å². The molecular weight excluding hydrogens is 329 g/mol. The van der Waals surface area contributed by atoms with E-state index in [1.807, 2.05) is 0 Å². The number of aromatic nitrogens is 1. The summed E-state index contributed by atoms with van der Waals surface area (Å²) in [4.78, 5) is 24.7. The van der Waals surface area contributed by atoms with Crippen LogP contribution in [0.3, 0.4) is 0 Å². The van der Waals surface area contributed by atoms with Crippen molar-refractivity contribution in [2.24, 2.45) is 0 Å². The van der Waals surface area contributed by atoms with Gasteiger partial charge in [0.1, 0.15) is 11.3 Å². The first-order valence-corrected chi connectivity index (χ1v) is 6.77. The van der Waals surface area contributed by atoms with Gasteiger partial charge in [0, 0.05) is 29.1 Å². The molecule has 9 heteroatoms. The van der Waals surface area contributed by atoms with Crippen LogP contribution in [0.2, 0.25) is 0 Å². The lowest BCUT2D eigenvalue weighted by atomic mass is 10.1. The van der Waals surface area contributed by atoms with Gasteiger partial charge in [-0.2, -0.15) is 13.2 Å². The van der Waals surface area contributed by atoms with E-state index in [9.17, 15) is 28.1 Å². The molecule has 0 unspecified atom stereocenters. The number of ketones is 1. The Hall–Kier alpha value is -2.84. The maximum Gasteiger partial charge on any atom is 0.420 e. The number of aromatic amines is 1. The van der Waals surface area contributed by atoms with E-state index in [1.165, 1.54) is 0 Å². The second-order valence-corrected chi connectivity index (χ2v) is 5.14. The number of aryl methyl sites for hydroxylation is 2. The van der Waals surface area contributed by atoms with Gasteiger partial charge < -0.3 is 9.72 Å². The fraction of sp³-hybridized carbons (Fsp3) is 0.267. The Labute approximate surface area is 134 Å². The first kappa shape index (κ1) is 17.5.